The van der Waals surface area contributed by atoms with Gasteiger partial charge in [-0.3, -0.25) is 9.69 Å². The molecule has 2 fully saturated rings. The largest absolute Gasteiger partial charge is 0.339 e. The van der Waals surface area contributed by atoms with E-state index in [1.807, 2.05) is 30.0 Å². The molecule has 2 heterocycles. The summed E-state index contributed by atoms with van der Waals surface area (Å²) in [4.78, 5) is 29.6. The van der Waals surface area contributed by atoms with Crippen LogP contribution < -0.4 is 10.6 Å². The maximum atomic E-state index is 12.8. The van der Waals surface area contributed by atoms with Crippen molar-refractivity contribution in [1.82, 2.24) is 15.1 Å². The molecule has 0 aromatic heterocycles. The number of nitrogens with one attached hydrogen (secondary N) is 2. The Labute approximate surface area is 181 Å². The number of urea groups is 1. The van der Waals surface area contributed by atoms with Crippen molar-refractivity contribution in [2.75, 3.05) is 38.0 Å². The minimum Gasteiger partial charge on any atom is -0.339 e. The van der Waals surface area contributed by atoms with E-state index in [0.717, 1.165) is 56.2 Å². The van der Waals surface area contributed by atoms with Crippen LogP contribution >= 0.6 is 0 Å². The first-order chi connectivity index (χ1) is 14.3. The first kappa shape index (κ1) is 22.6. The molecule has 0 spiro atoms. The van der Waals surface area contributed by atoms with Gasteiger partial charge in [0, 0.05) is 43.5 Å². The lowest BCUT2D eigenvalue weighted by atomic mass is 9.98. The monoisotopic (exact) mass is 414 g/mol. The van der Waals surface area contributed by atoms with Crippen molar-refractivity contribution in [3.05, 3.63) is 29.3 Å². The molecular weight excluding hydrogens is 376 g/mol. The molecule has 1 aromatic rings. The van der Waals surface area contributed by atoms with Gasteiger partial charge < -0.3 is 15.5 Å². The fourth-order valence-electron chi connectivity index (χ4n) is 4.49. The number of benzene rings is 1. The van der Waals surface area contributed by atoms with Crippen LogP contribution in [0.15, 0.2) is 18.2 Å². The van der Waals surface area contributed by atoms with E-state index in [2.05, 4.69) is 36.3 Å². The maximum absolute atomic E-state index is 12.8. The van der Waals surface area contributed by atoms with Crippen molar-refractivity contribution in [3.8, 4) is 0 Å². The van der Waals surface area contributed by atoms with E-state index in [1.165, 1.54) is 12.8 Å². The van der Waals surface area contributed by atoms with Crippen molar-refractivity contribution in [3.63, 3.8) is 0 Å². The van der Waals surface area contributed by atoms with E-state index in [1.54, 1.807) is 0 Å². The van der Waals surface area contributed by atoms with E-state index in [9.17, 15) is 9.59 Å². The Morgan fingerprint density at radius 3 is 2.50 bits per heavy atom. The van der Waals surface area contributed by atoms with Crippen LogP contribution in [0.4, 0.5) is 10.5 Å². The van der Waals surface area contributed by atoms with Gasteiger partial charge in [0.2, 0.25) is 0 Å². The lowest BCUT2D eigenvalue weighted by Gasteiger charge is -2.35. The van der Waals surface area contributed by atoms with Gasteiger partial charge in [0.25, 0.3) is 5.91 Å². The standard InChI is InChI=1S/C24H38N4O2/c1-17-9-12-27(13-10-17)23(29)21-7-8-22(19(3)14-21)26-24(30)25-15-20(4)28-11-5-6-18(2)16-28/h7-8,14,17-18,20H,5-6,9-13,15-16H2,1-4H3,(H2,25,26,30). The molecule has 2 aliphatic rings. The average Bonchev–Trinajstić information content (AvgIpc) is 2.73. The summed E-state index contributed by atoms with van der Waals surface area (Å²) in [6, 6.07) is 5.67. The van der Waals surface area contributed by atoms with Gasteiger partial charge in [0.15, 0.2) is 0 Å². The van der Waals surface area contributed by atoms with Crippen LogP contribution in [0.25, 0.3) is 0 Å². The summed E-state index contributed by atoms with van der Waals surface area (Å²) in [6.45, 7) is 13.1. The molecule has 0 saturated carbocycles. The van der Waals surface area contributed by atoms with Gasteiger partial charge >= 0.3 is 6.03 Å². The number of likely N-dealkylation sites (tertiary alicyclic amines) is 2. The number of carbonyl (C=O) groups excluding carboxylic acids is 2. The summed E-state index contributed by atoms with van der Waals surface area (Å²) in [5.41, 5.74) is 2.34. The first-order valence-electron chi connectivity index (χ1n) is 11.5. The van der Waals surface area contributed by atoms with Crippen LogP contribution in [0.3, 0.4) is 0 Å². The van der Waals surface area contributed by atoms with Crippen LogP contribution in [0.2, 0.25) is 0 Å². The minimum absolute atomic E-state index is 0.0885. The molecule has 30 heavy (non-hydrogen) atoms. The molecule has 2 aliphatic heterocycles. The quantitative estimate of drug-likeness (QED) is 0.762. The number of hydrogen-bond acceptors (Lipinski definition) is 3. The van der Waals surface area contributed by atoms with Crippen molar-refractivity contribution in [2.24, 2.45) is 11.8 Å². The smallest absolute Gasteiger partial charge is 0.319 e. The molecule has 6 nitrogen and oxygen atoms in total. The second-order valence-corrected chi connectivity index (χ2v) is 9.43. The highest BCUT2D eigenvalue weighted by Gasteiger charge is 2.23. The topological polar surface area (TPSA) is 64.7 Å². The second kappa shape index (κ2) is 10.3. The fourth-order valence-corrected chi connectivity index (χ4v) is 4.49. The molecule has 6 heteroatoms. The van der Waals surface area contributed by atoms with Crippen LogP contribution in [-0.4, -0.2) is 60.5 Å². The Balaban J connectivity index is 1.50. The van der Waals surface area contributed by atoms with Gasteiger partial charge in [-0.1, -0.05) is 13.8 Å². The Morgan fingerprint density at radius 2 is 1.83 bits per heavy atom. The number of rotatable bonds is 5. The van der Waals surface area contributed by atoms with Crippen LogP contribution in [0.1, 0.15) is 62.4 Å². The molecule has 3 amide bonds. The third-order valence-corrected chi connectivity index (χ3v) is 6.66. The molecular formula is C24H38N4O2. The van der Waals surface area contributed by atoms with Gasteiger partial charge in [0.05, 0.1) is 0 Å². The highest BCUT2D eigenvalue weighted by atomic mass is 16.2. The third kappa shape index (κ3) is 5.97. The summed E-state index contributed by atoms with van der Waals surface area (Å²) in [6.07, 6.45) is 4.67. The molecule has 2 N–H and O–H groups in total. The highest BCUT2D eigenvalue weighted by Crippen LogP contribution is 2.21. The van der Waals surface area contributed by atoms with Crippen molar-refractivity contribution >= 4 is 17.6 Å². The fraction of sp³-hybridized carbons (Fsp3) is 0.667. The van der Waals surface area contributed by atoms with Crippen molar-refractivity contribution in [1.29, 1.82) is 0 Å². The maximum Gasteiger partial charge on any atom is 0.319 e. The molecule has 0 aliphatic carbocycles. The van der Waals surface area contributed by atoms with Crippen LogP contribution in [-0.2, 0) is 0 Å². The minimum atomic E-state index is -0.195. The zero-order valence-corrected chi connectivity index (χ0v) is 19.0. The number of anilines is 1. The van der Waals surface area contributed by atoms with E-state index in [-0.39, 0.29) is 11.9 Å². The van der Waals surface area contributed by atoms with Gasteiger partial charge in [-0.05, 0) is 81.7 Å². The number of aryl methyl sites for hydroxylation is 1. The predicted octanol–water partition coefficient (Wildman–Crippen LogP) is 4.11. The highest BCUT2D eigenvalue weighted by molar-refractivity contribution is 5.96. The SMILES string of the molecule is Cc1cc(C(=O)N2CCC(C)CC2)ccc1NC(=O)NCC(C)N1CCCC(C)C1. The third-order valence-electron chi connectivity index (χ3n) is 6.66. The Hall–Kier alpha value is -2.08. The molecule has 166 valence electrons. The first-order valence-corrected chi connectivity index (χ1v) is 11.5. The van der Waals surface area contributed by atoms with Gasteiger partial charge in [-0.15, -0.1) is 0 Å². The van der Waals surface area contributed by atoms with E-state index in [4.69, 9.17) is 0 Å². The zero-order valence-electron chi connectivity index (χ0n) is 19.0. The Bertz CT molecular complexity index is 743. The van der Waals surface area contributed by atoms with E-state index >= 15 is 0 Å². The lowest BCUT2D eigenvalue weighted by molar-refractivity contribution is 0.0697. The molecule has 3 rings (SSSR count). The second-order valence-electron chi connectivity index (χ2n) is 9.43. The van der Waals surface area contributed by atoms with Crippen molar-refractivity contribution < 1.29 is 9.59 Å². The molecule has 1 aromatic carbocycles. The van der Waals surface area contributed by atoms with E-state index in [0.29, 0.717) is 24.1 Å². The Kier molecular flexibility index (Phi) is 7.75. The number of piperidine rings is 2. The molecule has 0 bridgehead atoms. The lowest BCUT2D eigenvalue weighted by Crippen LogP contribution is -2.47. The van der Waals surface area contributed by atoms with Gasteiger partial charge in [-0.25, -0.2) is 4.79 Å². The molecule has 2 saturated heterocycles. The summed E-state index contributed by atoms with van der Waals surface area (Å²) in [5, 5.41) is 5.93. The zero-order chi connectivity index (χ0) is 21.7. The van der Waals surface area contributed by atoms with Crippen molar-refractivity contribution in [2.45, 2.75) is 59.4 Å². The summed E-state index contributed by atoms with van der Waals surface area (Å²) in [5.74, 6) is 1.51. The van der Waals surface area contributed by atoms with Gasteiger partial charge in [-0.2, -0.15) is 0 Å². The van der Waals surface area contributed by atoms with Crippen LogP contribution in [0, 0.1) is 18.8 Å². The normalized spacial score (nSPS) is 21.9. The molecule has 2 unspecified atom stereocenters. The molecule has 0 radical (unpaired) electrons. The number of amides is 3. The molecule has 2 atom stereocenters. The number of nitrogens with zero attached hydrogens (tertiary/aromatic N) is 2. The number of carbonyl (C=O) groups is 2. The van der Waals surface area contributed by atoms with Crippen LogP contribution in [0.5, 0.6) is 0 Å². The average molecular weight is 415 g/mol. The summed E-state index contributed by atoms with van der Waals surface area (Å²) in [7, 11) is 0. The Morgan fingerprint density at radius 1 is 1.10 bits per heavy atom. The number of hydrogen-bond donors (Lipinski definition) is 2. The summed E-state index contributed by atoms with van der Waals surface area (Å²) >= 11 is 0. The summed E-state index contributed by atoms with van der Waals surface area (Å²) < 4.78 is 0. The predicted molar refractivity (Wildman–Crippen MR) is 122 cm³/mol. The van der Waals surface area contributed by atoms with E-state index < -0.39 is 0 Å². The van der Waals surface area contributed by atoms with Gasteiger partial charge in [0.1, 0.15) is 0 Å².